The number of aliphatic hydroxyl groups is 1. The number of rotatable bonds is 5. The quantitative estimate of drug-likeness (QED) is 0.712. The normalized spacial score (nSPS) is 20.7. The number of β-amino-alcohol motifs (C(OH)–C–C–N with tert-alkyl or cyclic N) is 1. The molecule has 5 rings (SSSR count). The number of piperidine rings is 1. The number of carbonyl (C=O) groups excluding carboxylic acids is 1. The van der Waals surface area contributed by atoms with Crippen LogP contribution in [0.3, 0.4) is 0 Å². The molecule has 2 N–H and O–H groups in total. The van der Waals surface area contributed by atoms with Crippen molar-refractivity contribution in [1.29, 1.82) is 0 Å². The highest BCUT2D eigenvalue weighted by Crippen LogP contribution is 2.38. The van der Waals surface area contributed by atoms with Crippen LogP contribution < -0.4 is 10.1 Å². The van der Waals surface area contributed by atoms with Crippen LogP contribution in [-0.2, 0) is 4.79 Å². The zero-order valence-electron chi connectivity index (χ0n) is 17.4. The van der Waals surface area contributed by atoms with E-state index in [-0.39, 0.29) is 17.4 Å². The SMILES string of the molecule is O=C(Nc1ccc([C@H](O)CN2CCC3(C=Cc4cc(Cl)ccc4O3)CC2)cc1)C1CC1. The standard InChI is InChI=1S/C25H27ClN2O3/c26-20-5-8-23-19(15-20)9-10-25(31-23)11-13-28(14-12-25)16-22(29)17-3-6-21(7-4-17)27-24(30)18-1-2-18/h3-10,15,18,22,29H,1-2,11-14,16H2,(H,27,30)/t22-/m1/s1. The number of nitrogens with zero attached hydrogens (tertiary/aromatic N) is 1. The van der Waals surface area contributed by atoms with Crippen LogP contribution in [0.4, 0.5) is 5.69 Å². The maximum absolute atomic E-state index is 11.9. The van der Waals surface area contributed by atoms with Crippen molar-refractivity contribution in [2.45, 2.75) is 37.4 Å². The number of ether oxygens (including phenoxy) is 1. The molecule has 1 aliphatic carbocycles. The monoisotopic (exact) mass is 438 g/mol. The van der Waals surface area contributed by atoms with Gasteiger partial charge in [-0.05, 0) is 54.8 Å². The van der Waals surface area contributed by atoms with Gasteiger partial charge in [-0.25, -0.2) is 0 Å². The molecule has 1 saturated carbocycles. The van der Waals surface area contributed by atoms with Crippen LogP contribution in [0.2, 0.25) is 5.02 Å². The van der Waals surface area contributed by atoms with Crippen molar-refractivity contribution in [3.8, 4) is 5.75 Å². The fraction of sp³-hybridized carbons (Fsp3) is 0.400. The Kier molecular flexibility index (Phi) is 5.51. The number of halogens is 1. The first-order valence-electron chi connectivity index (χ1n) is 11.0. The first kappa shape index (κ1) is 20.6. The lowest BCUT2D eigenvalue weighted by Crippen LogP contribution is -2.48. The largest absolute Gasteiger partial charge is 0.482 e. The minimum Gasteiger partial charge on any atom is -0.482 e. The second-order valence-corrected chi connectivity index (χ2v) is 9.32. The van der Waals surface area contributed by atoms with Crippen molar-refractivity contribution >= 4 is 29.3 Å². The van der Waals surface area contributed by atoms with Crippen LogP contribution >= 0.6 is 11.6 Å². The summed E-state index contributed by atoms with van der Waals surface area (Å²) in [6, 6.07) is 13.3. The van der Waals surface area contributed by atoms with Crippen LogP contribution in [0, 0.1) is 5.92 Å². The minimum absolute atomic E-state index is 0.0975. The third-order valence-electron chi connectivity index (χ3n) is 6.50. The van der Waals surface area contributed by atoms with Gasteiger partial charge in [-0.15, -0.1) is 0 Å². The van der Waals surface area contributed by atoms with E-state index >= 15 is 0 Å². The van der Waals surface area contributed by atoms with Gasteiger partial charge in [0, 0.05) is 54.7 Å². The van der Waals surface area contributed by atoms with Gasteiger partial charge in [-0.2, -0.15) is 0 Å². The number of fused-ring (bicyclic) bond motifs is 1. The minimum atomic E-state index is -0.562. The summed E-state index contributed by atoms with van der Waals surface area (Å²) in [5, 5.41) is 14.4. The molecule has 0 aromatic heterocycles. The number of aliphatic hydroxyl groups excluding tert-OH is 1. The topological polar surface area (TPSA) is 61.8 Å². The molecule has 31 heavy (non-hydrogen) atoms. The third kappa shape index (κ3) is 4.64. The summed E-state index contributed by atoms with van der Waals surface area (Å²) >= 11 is 6.08. The van der Waals surface area contributed by atoms with Crippen molar-refractivity contribution < 1.29 is 14.6 Å². The van der Waals surface area contributed by atoms with Crippen molar-refractivity contribution in [2.75, 3.05) is 25.0 Å². The Bertz CT molecular complexity index is 992. The van der Waals surface area contributed by atoms with E-state index in [1.807, 2.05) is 42.5 Å². The zero-order chi connectivity index (χ0) is 21.4. The fourth-order valence-electron chi connectivity index (χ4n) is 4.35. The van der Waals surface area contributed by atoms with Crippen LogP contribution in [-0.4, -0.2) is 41.1 Å². The molecule has 0 unspecified atom stereocenters. The molecule has 1 amide bonds. The maximum atomic E-state index is 11.9. The third-order valence-corrected chi connectivity index (χ3v) is 6.73. The number of anilines is 1. The molecule has 2 fully saturated rings. The second-order valence-electron chi connectivity index (χ2n) is 8.88. The molecular weight excluding hydrogens is 412 g/mol. The summed E-state index contributed by atoms with van der Waals surface area (Å²) in [7, 11) is 0. The molecule has 0 bridgehead atoms. The van der Waals surface area contributed by atoms with Crippen molar-refractivity contribution in [1.82, 2.24) is 4.90 Å². The first-order valence-corrected chi connectivity index (χ1v) is 11.4. The number of nitrogens with one attached hydrogen (secondary N) is 1. The van der Waals surface area contributed by atoms with Gasteiger partial charge < -0.3 is 20.1 Å². The predicted molar refractivity (Wildman–Crippen MR) is 122 cm³/mol. The highest BCUT2D eigenvalue weighted by Gasteiger charge is 2.37. The average Bonchev–Trinajstić information content (AvgIpc) is 3.62. The number of carbonyl (C=O) groups is 1. The Labute approximate surface area is 187 Å². The predicted octanol–water partition coefficient (Wildman–Crippen LogP) is 4.66. The van der Waals surface area contributed by atoms with E-state index in [0.29, 0.717) is 11.6 Å². The molecule has 2 heterocycles. The fourth-order valence-corrected chi connectivity index (χ4v) is 4.53. The van der Waals surface area contributed by atoms with Crippen LogP contribution in [0.1, 0.15) is 42.9 Å². The van der Waals surface area contributed by atoms with Crippen LogP contribution in [0.5, 0.6) is 5.75 Å². The molecule has 162 valence electrons. The van der Waals surface area contributed by atoms with E-state index < -0.39 is 6.10 Å². The van der Waals surface area contributed by atoms with Crippen molar-refractivity contribution in [3.63, 3.8) is 0 Å². The Morgan fingerprint density at radius 1 is 1.19 bits per heavy atom. The number of likely N-dealkylation sites (tertiary alicyclic amines) is 1. The van der Waals surface area contributed by atoms with Crippen LogP contribution in [0.25, 0.3) is 6.08 Å². The van der Waals surface area contributed by atoms with Crippen molar-refractivity contribution in [2.24, 2.45) is 5.92 Å². The zero-order valence-corrected chi connectivity index (χ0v) is 18.1. The molecule has 6 heteroatoms. The van der Waals surface area contributed by atoms with Gasteiger partial charge in [-0.3, -0.25) is 4.79 Å². The van der Waals surface area contributed by atoms with E-state index in [2.05, 4.69) is 22.4 Å². The highest BCUT2D eigenvalue weighted by atomic mass is 35.5. The second kappa shape index (κ2) is 8.30. The van der Waals surface area contributed by atoms with Gasteiger partial charge in [0.05, 0.1) is 6.10 Å². The van der Waals surface area contributed by atoms with E-state index in [9.17, 15) is 9.90 Å². The number of benzene rings is 2. The van der Waals surface area contributed by atoms with E-state index in [1.165, 1.54) is 0 Å². The maximum Gasteiger partial charge on any atom is 0.227 e. The highest BCUT2D eigenvalue weighted by molar-refractivity contribution is 6.30. The van der Waals surface area contributed by atoms with E-state index in [1.54, 1.807) is 0 Å². The first-order chi connectivity index (χ1) is 15.0. The molecule has 3 aliphatic rings. The van der Waals surface area contributed by atoms with Gasteiger partial charge in [-0.1, -0.05) is 29.8 Å². The molecule has 1 atom stereocenters. The van der Waals surface area contributed by atoms with E-state index in [4.69, 9.17) is 16.3 Å². The summed E-state index contributed by atoms with van der Waals surface area (Å²) in [4.78, 5) is 14.2. The number of hydrogen-bond acceptors (Lipinski definition) is 4. The van der Waals surface area contributed by atoms with Gasteiger partial charge in [0.2, 0.25) is 5.91 Å². The Balaban J connectivity index is 1.14. The molecule has 2 aliphatic heterocycles. The molecule has 1 saturated heterocycles. The Morgan fingerprint density at radius 3 is 2.65 bits per heavy atom. The summed E-state index contributed by atoms with van der Waals surface area (Å²) in [5.41, 5.74) is 2.40. The average molecular weight is 439 g/mol. The van der Waals surface area contributed by atoms with Gasteiger partial charge in [0.25, 0.3) is 0 Å². The lowest BCUT2D eigenvalue weighted by atomic mass is 9.88. The smallest absolute Gasteiger partial charge is 0.227 e. The Hall–Kier alpha value is -2.34. The number of amides is 1. The molecule has 2 aromatic carbocycles. The van der Waals surface area contributed by atoms with Gasteiger partial charge in [0.1, 0.15) is 11.4 Å². The summed E-state index contributed by atoms with van der Waals surface area (Å²) in [5.74, 6) is 1.16. The molecule has 5 nitrogen and oxygen atoms in total. The summed E-state index contributed by atoms with van der Waals surface area (Å²) in [6.07, 6.45) is 7.44. The molecule has 2 aromatic rings. The summed E-state index contributed by atoms with van der Waals surface area (Å²) in [6.45, 7) is 2.31. The number of hydrogen-bond donors (Lipinski definition) is 2. The van der Waals surface area contributed by atoms with Gasteiger partial charge >= 0.3 is 0 Å². The van der Waals surface area contributed by atoms with E-state index in [0.717, 1.165) is 61.3 Å². The van der Waals surface area contributed by atoms with Gasteiger partial charge in [0.15, 0.2) is 0 Å². The molecule has 0 radical (unpaired) electrons. The van der Waals surface area contributed by atoms with Crippen LogP contribution in [0.15, 0.2) is 48.5 Å². The molecular formula is C25H27ClN2O3. The van der Waals surface area contributed by atoms with Crippen molar-refractivity contribution in [3.05, 3.63) is 64.7 Å². The Morgan fingerprint density at radius 2 is 1.94 bits per heavy atom. The lowest BCUT2D eigenvalue weighted by Gasteiger charge is -2.42. The molecule has 1 spiro atoms. The lowest BCUT2D eigenvalue weighted by molar-refractivity contribution is -0.117. The summed E-state index contributed by atoms with van der Waals surface area (Å²) < 4.78 is 6.35.